The third kappa shape index (κ3) is 3.11. The first kappa shape index (κ1) is 14.4. The number of rotatable bonds is 6. The molecular weight excluding hydrogens is 256 g/mol. The summed E-state index contributed by atoms with van der Waals surface area (Å²) in [6.45, 7) is 5.06. The van der Waals surface area contributed by atoms with Gasteiger partial charge in [-0.2, -0.15) is 0 Å². The van der Waals surface area contributed by atoms with Crippen molar-refractivity contribution in [2.75, 3.05) is 7.11 Å². The number of methoxy groups -OCH3 is 1. The molecule has 0 amide bonds. The van der Waals surface area contributed by atoms with E-state index in [0.717, 1.165) is 17.8 Å². The number of aliphatic hydroxyl groups excluding tert-OH is 1. The number of hydrogen-bond donors (Lipinski definition) is 1. The quantitative estimate of drug-likeness (QED) is 0.881. The predicted octanol–water partition coefficient (Wildman–Crippen LogP) is 2.54. The second-order valence-corrected chi connectivity index (χ2v) is 4.55. The normalized spacial score (nSPS) is 12.2. The van der Waals surface area contributed by atoms with E-state index in [1.54, 1.807) is 32.6 Å². The molecule has 2 rings (SSSR count). The highest BCUT2D eigenvalue weighted by molar-refractivity contribution is 5.43. The molecule has 20 heavy (non-hydrogen) atoms. The maximum Gasteiger partial charge on any atom is 0.161 e. The molecule has 108 valence electrons. The van der Waals surface area contributed by atoms with Gasteiger partial charge in [0.2, 0.25) is 0 Å². The first-order chi connectivity index (χ1) is 9.65. The van der Waals surface area contributed by atoms with E-state index in [1.165, 1.54) is 0 Å². The summed E-state index contributed by atoms with van der Waals surface area (Å²) in [5.74, 6) is 1.27. The summed E-state index contributed by atoms with van der Waals surface area (Å²) in [4.78, 5) is 4.10. The number of benzene rings is 1. The molecule has 1 atom stereocenters. The van der Waals surface area contributed by atoms with Crippen LogP contribution in [0.5, 0.6) is 11.5 Å². The van der Waals surface area contributed by atoms with Gasteiger partial charge in [0, 0.05) is 6.54 Å². The van der Waals surface area contributed by atoms with Gasteiger partial charge in [-0.05, 0) is 31.5 Å². The number of aliphatic hydroxyl groups is 1. The summed E-state index contributed by atoms with van der Waals surface area (Å²) in [6.07, 6.45) is 3.05. The summed E-state index contributed by atoms with van der Waals surface area (Å²) in [7, 11) is 1.59. The lowest BCUT2D eigenvalue weighted by Crippen LogP contribution is -2.04. The SMILES string of the molecule is CCn1cncc1COc1ccc([C@H](C)O)cc1OC. The molecule has 2 aromatic rings. The average molecular weight is 276 g/mol. The number of hydrogen-bond acceptors (Lipinski definition) is 4. The Kier molecular flexibility index (Phi) is 4.63. The monoisotopic (exact) mass is 276 g/mol. The Balaban J connectivity index is 2.13. The summed E-state index contributed by atoms with van der Waals surface area (Å²) in [5, 5.41) is 9.58. The van der Waals surface area contributed by atoms with Gasteiger partial charge in [-0.1, -0.05) is 6.07 Å². The van der Waals surface area contributed by atoms with Crippen molar-refractivity contribution >= 4 is 0 Å². The van der Waals surface area contributed by atoms with Gasteiger partial charge >= 0.3 is 0 Å². The second-order valence-electron chi connectivity index (χ2n) is 4.55. The van der Waals surface area contributed by atoms with E-state index >= 15 is 0 Å². The highest BCUT2D eigenvalue weighted by Gasteiger charge is 2.10. The molecule has 1 N–H and O–H groups in total. The Hall–Kier alpha value is -2.01. The fraction of sp³-hybridized carbons (Fsp3) is 0.400. The number of nitrogens with zero attached hydrogens (tertiary/aromatic N) is 2. The van der Waals surface area contributed by atoms with Crippen molar-refractivity contribution in [2.24, 2.45) is 0 Å². The van der Waals surface area contributed by atoms with Crippen LogP contribution >= 0.6 is 0 Å². The van der Waals surface area contributed by atoms with Crippen LogP contribution in [0.4, 0.5) is 0 Å². The number of imidazole rings is 1. The molecule has 0 spiro atoms. The van der Waals surface area contributed by atoms with Gasteiger partial charge in [-0.15, -0.1) is 0 Å². The number of ether oxygens (including phenoxy) is 2. The predicted molar refractivity (Wildman–Crippen MR) is 75.9 cm³/mol. The zero-order chi connectivity index (χ0) is 14.5. The molecule has 0 aliphatic heterocycles. The van der Waals surface area contributed by atoms with Gasteiger partial charge in [-0.25, -0.2) is 4.98 Å². The van der Waals surface area contributed by atoms with Crippen molar-refractivity contribution in [3.63, 3.8) is 0 Å². The highest BCUT2D eigenvalue weighted by Crippen LogP contribution is 2.30. The van der Waals surface area contributed by atoms with Crippen molar-refractivity contribution < 1.29 is 14.6 Å². The Bertz CT molecular complexity index is 564. The minimum absolute atomic E-state index is 0.429. The molecule has 0 unspecified atom stereocenters. The van der Waals surface area contributed by atoms with Crippen molar-refractivity contribution in [2.45, 2.75) is 33.1 Å². The zero-order valence-electron chi connectivity index (χ0n) is 12.0. The Morgan fingerprint density at radius 2 is 2.15 bits per heavy atom. The van der Waals surface area contributed by atoms with Crippen LogP contribution in [0.15, 0.2) is 30.7 Å². The molecule has 0 saturated carbocycles. The van der Waals surface area contributed by atoms with Gasteiger partial charge in [-0.3, -0.25) is 0 Å². The summed E-state index contributed by atoms with van der Waals surface area (Å²) >= 11 is 0. The van der Waals surface area contributed by atoms with Crippen LogP contribution in [-0.4, -0.2) is 21.8 Å². The van der Waals surface area contributed by atoms with E-state index in [-0.39, 0.29) is 0 Å². The van der Waals surface area contributed by atoms with E-state index in [2.05, 4.69) is 11.9 Å². The fourth-order valence-electron chi connectivity index (χ4n) is 1.97. The molecule has 0 saturated heterocycles. The molecule has 1 heterocycles. The van der Waals surface area contributed by atoms with Crippen LogP contribution in [0.3, 0.4) is 0 Å². The van der Waals surface area contributed by atoms with Crippen LogP contribution in [0, 0.1) is 0 Å². The van der Waals surface area contributed by atoms with E-state index in [1.807, 2.05) is 16.7 Å². The van der Waals surface area contributed by atoms with Crippen molar-refractivity contribution in [1.82, 2.24) is 9.55 Å². The van der Waals surface area contributed by atoms with Crippen LogP contribution < -0.4 is 9.47 Å². The number of aryl methyl sites for hydroxylation is 1. The fourth-order valence-corrected chi connectivity index (χ4v) is 1.97. The maximum absolute atomic E-state index is 9.58. The van der Waals surface area contributed by atoms with Crippen LogP contribution in [-0.2, 0) is 13.2 Å². The lowest BCUT2D eigenvalue weighted by Gasteiger charge is -2.13. The standard InChI is InChI=1S/C15H20N2O3/c1-4-17-10-16-8-13(17)9-20-14-6-5-12(11(2)18)7-15(14)19-3/h5-8,10-11,18H,4,9H2,1-3H3/t11-/m0/s1. The first-order valence-corrected chi connectivity index (χ1v) is 6.63. The Morgan fingerprint density at radius 1 is 1.35 bits per heavy atom. The van der Waals surface area contributed by atoms with E-state index < -0.39 is 6.10 Å². The zero-order valence-corrected chi connectivity index (χ0v) is 12.0. The van der Waals surface area contributed by atoms with Gasteiger partial charge < -0.3 is 19.1 Å². The van der Waals surface area contributed by atoms with Crippen molar-refractivity contribution in [3.8, 4) is 11.5 Å². The van der Waals surface area contributed by atoms with E-state index in [0.29, 0.717) is 18.1 Å². The largest absolute Gasteiger partial charge is 0.493 e. The first-order valence-electron chi connectivity index (χ1n) is 6.63. The van der Waals surface area contributed by atoms with Crippen molar-refractivity contribution in [3.05, 3.63) is 42.0 Å². The molecule has 1 aromatic heterocycles. The van der Waals surface area contributed by atoms with Gasteiger partial charge in [0.05, 0.1) is 31.4 Å². The van der Waals surface area contributed by atoms with Gasteiger partial charge in [0.1, 0.15) is 6.61 Å². The molecule has 5 nitrogen and oxygen atoms in total. The maximum atomic E-state index is 9.58. The third-order valence-corrected chi connectivity index (χ3v) is 3.18. The molecule has 0 radical (unpaired) electrons. The lowest BCUT2D eigenvalue weighted by molar-refractivity contribution is 0.198. The molecular formula is C15H20N2O3. The van der Waals surface area contributed by atoms with Gasteiger partial charge in [0.25, 0.3) is 0 Å². The minimum Gasteiger partial charge on any atom is -0.493 e. The van der Waals surface area contributed by atoms with Crippen LogP contribution in [0.2, 0.25) is 0 Å². The van der Waals surface area contributed by atoms with Crippen molar-refractivity contribution in [1.29, 1.82) is 0 Å². The molecule has 0 aliphatic rings. The highest BCUT2D eigenvalue weighted by atomic mass is 16.5. The smallest absolute Gasteiger partial charge is 0.161 e. The summed E-state index contributed by atoms with van der Waals surface area (Å²) in [6, 6.07) is 5.43. The molecule has 0 fully saturated rings. The number of aromatic nitrogens is 2. The summed E-state index contributed by atoms with van der Waals surface area (Å²) in [5.41, 5.74) is 1.81. The van der Waals surface area contributed by atoms with E-state index in [4.69, 9.17) is 9.47 Å². The second kappa shape index (κ2) is 6.43. The third-order valence-electron chi connectivity index (χ3n) is 3.18. The van der Waals surface area contributed by atoms with Crippen LogP contribution in [0.25, 0.3) is 0 Å². The molecule has 0 bridgehead atoms. The molecule has 0 aliphatic carbocycles. The molecule has 1 aromatic carbocycles. The van der Waals surface area contributed by atoms with Gasteiger partial charge in [0.15, 0.2) is 11.5 Å². The lowest BCUT2D eigenvalue weighted by atomic mass is 10.1. The van der Waals surface area contributed by atoms with E-state index in [9.17, 15) is 5.11 Å². The summed E-state index contributed by atoms with van der Waals surface area (Å²) < 4.78 is 13.1. The average Bonchev–Trinajstić information content (AvgIpc) is 2.92. The topological polar surface area (TPSA) is 56.5 Å². The minimum atomic E-state index is -0.528. The molecule has 5 heteroatoms. The Labute approximate surface area is 118 Å². The van der Waals surface area contributed by atoms with Crippen LogP contribution in [0.1, 0.15) is 31.2 Å². The Morgan fingerprint density at radius 3 is 2.80 bits per heavy atom.